The lowest BCUT2D eigenvalue weighted by atomic mass is 10.1. The highest BCUT2D eigenvalue weighted by atomic mass is 79.9. The zero-order valence-corrected chi connectivity index (χ0v) is 8.94. The summed E-state index contributed by atoms with van der Waals surface area (Å²) in [4.78, 5) is 0. The summed E-state index contributed by atoms with van der Waals surface area (Å²) in [5.74, 6) is -1.37. The average molecular weight is 287 g/mol. The van der Waals surface area contributed by atoms with Crippen LogP contribution in [0.5, 0.6) is 0 Å². The van der Waals surface area contributed by atoms with E-state index in [0.29, 0.717) is 12.1 Å². The van der Waals surface area contributed by atoms with Gasteiger partial charge in [0.15, 0.2) is 0 Å². The molecule has 0 amide bonds. The molecule has 0 aliphatic heterocycles. The quantitative estimate of drug-likeness (QED) is 0.654. The number of aliphatic hydroxyl groups excluding tert-OH is 1. The first-order chi connectivity index (χ1) is 6.86. The highest BCUT2D eigenvalue weighted by Gasteiger charge is 2.34. The molecule has 0 saturated heterocycles. The number of benzene rings is 1. The number of hydrogen-bond donors (Lipinski definition) is 1. The summed E-state index contributed by atoms with van der Waals surface area (Å²) in [5, 5.41) is 9.39. The number of hydrogen-bond acceptors (Lipinski definition) is 1. The van der Waals surface area contributed by atoms with Gasteiger partial charge in [-0.15, -0.1) is 0 Å². The minimum absolute atomic E-state index is 0.109. The molecule has 0 aliphatic rings. The Bertz CT molecular complexity index is 350. The van der Waals surface area contributed by atoms with Gasteiger partial charge in [-0.3, -0.25) is 0 Å². The summed E-state index contributed by atoms with van der Waals surface area (Å²) in [6.07, 6.45) is -5.72. The molecule has 1 unspecified atom stereocenters. The van der Waals surface area contributed by atoms with E-state index in [1.54, 1.807) is 0 Å². The van der Waals surface area contributed by atoms with Crippen molar-refractivity contribution in [3.8, 4) is 0 Å². The second-order valence-corrected chi connectivity index (χ2v) is 3.55. The van der Waals surface area contributed by atoms with E-state index < -0.39 is 23.7 Å². The van der Waals surface area contributed by atoms with E-state index in [1.165, 1.54) is 0 Å². The molecule has 0 radical (unpaired) electrons. The first kappa shape index (κ1) is 12.4. The Morgan fingerprint density at radius 3 is 2.33 bits per heavy atom. The van der Waals surface area contributed by atoms with Gasteiger partial charge in [-0.25, -0.2) is 4.39 Å². The van der Waals surface area contributed by atoms with Crippen molar-refractivity contribution >= 4 is 15.9 Å². The second-order valence-electron chi connectivity index (χ2n) is 2.91. The van der Waals surface area contributed by atoms with Crippen LogP contribution in [0.4, 0.5) is 17.6 Å². The average Bonchev–Trinajstić information content (AvgIpc) is 2.14. The third-order valence-corrected chi connectivity index (χ3v) is 2.44. The van der Waals surface area contributed by atoms with Gasteiger partial charge >= 0.3 is 6.18 Å². The summed E-state index contributed by atoms with van der Waals surface area (Å²) < 4.78 is 49.5. The molecule has 1 rings (SSSR count). The third-order valence-electron chi connectivity index (χ3n) is 1.83. The van der Waals surface area contributed by atoms with Crippen molar-refractivity contribution < 1.29 is 22.7 Å². The monoisotopic (exact) mass is 286 g/mol. The SMILES string of the molecule is OC(CBr)c1ccc(C(F)(F)F)c(F)c1. The van der Waals surface area contributed by atoms with Crippen LogP contribution in [0.15, 0.2) is 18.2 Å². The van der Waals surface area contributed by atoms with Gasteiger partial charge in [0.1, 0.15) is 5.82 Å². The molecule has 15 heavy (non-hydrogen) atoms. The van der Waals surface area contributed by atoms with Gasteiger partial charge < -0.3 is 5.11 Å². The van der Waals surface area contributed by atoms with Crippen LogP contribution in [0.1, 0.15) is 17.2 Å². The molecule has 1 aromatic carbocycles. The van der Waals surface area contributed by atoms with Crippen LogP contribution >= 0.6 is 15.9 Å². The normalized spacial score (nSPS) is 14.0. The molecule has 6 heteroatoms. The van der Waals surface area contributed by atoms with Gasteiger partial charge in [-0.1, -0.05) is 22.0 Å². The number of halogens is 5. The molecule has 0 bridgehead atoms. The number of rotatable bonds is 2. The van der Waals surface area contributed by atoms with Crippen molar-refractivity contribution in [3.63, 3.8) is 0 Å². The Labute approximate surface area is 91.9 Å². The molecule has 0 spiro atoms. The smallest absolute Gasteiger partial charge is 0.388 e. The van der Waals surface area contributed by atoms with Crippen LogP contribution in [0.2, 0.25) is 0 Å². The number of alkyl halides is 4. The van der Waals surface area contributed by atoms with Gasteiger partial charge in [0.2, 0.25) is 0 Å². The van der Waals surface area contributed by atoms with E-state index in [2.05, 4.69) is 15.9 Å². The Balaban J connectivity index is 3.09. The molecule has 0 saturated carbocycles. The summed E-state index contributed by atoms with van der Waals surface area (Å²) in [6, 6.07) is 2.36. The van der Waals surface area contributed by atoms with E-state index in [9.17, 15) is 22.7 Å². The van der Waals surface area contributed by atoms with Gasteiger partial charge in [0, 0.05) is 5.33 Å². The van der Waals surface area contributed by atoms with E-state index >= 15 is 0 Å². The van der Waals surface area contributed by atoms with Crippen molar-refractivity contribution in [2.24, 2.45) is 0 Å². The third kappa shape index (κ3) is 2.92. The van der Waals surface area contributed by atoms with Gasteiger partial charge in [-0.2, -0.15) is 13.2 Å². The van der Waals surface area contributed by atoms with Crippen molar-refractivity contribution in [2.75, 3.05) is 5.33 Å². The van der Waals surface area contributed by atoms with Crippen LogP contribution in [0.3, 0.4) is 0 Å². The summed E-state index contributed by atoms with van der Waals surface area (Å²) >= 11 is 2.94. The van der Waals surface area contributed by atoms with Crippen LogP contribution < -0.4 is 0 Å². The van der Waals surface area contributed by atoms with Crippen molar-refractivity contribution in [2.45, 2.75) is 12.3 Å². The summed E-state index contributed by atoms with van der Waals surface area (Å²) in [7, 11) is 0. The van der Waals surface area contributed by atoms with Gasteiger partial charge in [0.25, 0.3) is 0 Å². The maximum atomic E-state index is 13.0. The molecule has 84 valence electrons. The van der Waals surface area contributed by atoms with E-state index in [4.69, 9.17) is 0 Å². The molecular weight excluding hydrogens is 280 g/mol. The Hall–Kier alpha value is -0.620. The highest BCUT2D eigenvalue weighted by molar-refractivity contribution is 9.09. The zero-order valence-electron chi connectivity index (χ0n) is 7.35. The van der Waals surface area contributed by atoms with E-state index in [-0.39, 0.29) is 10.9 Å². The minimum atomic E-state index is -4.71. The molecular formula is C9H7BrF4O. The van der Waals surface area contributed by atoms with Crippen molar-refractivity contribution in [3.05, 3.63) is 35.1 Å². The van der Waals surface area contributed by atoms with Crippen LogP contribution in [0.25, 0.3) is 0 Å². The molecule has 1 atom stereocenters. The van der Waals surface area contributed by atoms with Crippen molar-refractivity contribution in [1.29, 1.82) is 0 Å². The first-order valence-corrected chi connectivity index (χ1v) is 5.09. The Morgan fingerprint density at radius 1 is 1.33 bits per heavy atom. The lowest BCUT2D eigenvalue weighted by molar-refractivity contribution is -0.140. The maximum Gasteiger partial charge on any atom is 0.419 e. The fourth-order valence-corrected chi connectivity index (χ4v) is 1.43. The standard InChI is InChI=1S/C9H7BrF4O/c10-4-8(15)5-1-2-6(7(11)3-5)9(12,13)14/h1-3,8,15H,4H2. The Kier molecular flexibility index (Phi) is 3.72. The van der Waals surface area contributed by atoms with Crippen LogP contribution in [-0.2, 0) is 6.18 Å². The molecule has 0 aromatic heterocycles. The lowest BCUT2D eigenvalue weighted by Crippen LogP contribution is -2.09. The fraction of sp³-hybridized carbons (Fsp3) is 0.333. The lowest BCUT2D eigenvalue weighted by Gasteiger charge is -2.11. The van der Waals surface area contributed by atoms with Crippen LogP contribution in [0, 0.1) is 5.82 Å². The maximum absolute atomic E-state index is 13.0. The van der Waals surface area contributed by atoms with Crippen molar-refractivity contribution in [1.82, 2.24) is 0 Å². The fourth-order valence-electron chi connectivity index (χ4n) is 1.06. The minimum Gasteiger partial charge on any atom is -0.388 e. The molecule has 1 N–H and O–H groups in total. The zero-order chi connectivity index (χ0) is 11.6. The summed E-state index contributed by atoms with van der Waals surface area (Å²) in [5.41, 5.74) is -1.22. The summed E-state index contributed by atoms with van der Waals surface area (Å²) in [6.45, 7) is 0. The van der Waals surface area contributed by atoms with E-state index in [1.807, 2.05) is 0 Å². The second kappa shape index (κ2) is 4.49. The van der Waals surface area contributed by atoms with E-state index in [0.717, 1.165) is 6.07 Å². The Morgan fingerprint density at radius 2 is 1.93 bits per heavy atom. The topological polar surface area (TPSA) is 20.2 Å². The predicted octanol–water partition coefficient (Wildman–Crippen LogP) is 3.27. The van der Waals surface area contributed by atoms with Crippen LogP contribution in [-0.4, -0.2) is 10.4 Å². The molecule has 0 aliphatic carbocycles. The van der Waals surface area contributed by atoms with Gasteiger partial charge in [0.05, 0.1) is 11.7 Å². The first-order valence-electron chi connectivity index (χ1n) is 3.97. The largest absolute Gasteiger partial charge is 0.419 e. The number of aliphatic hydroxyl groups is 1. The van der Waals surface area contributed by atoms with Gasteiger partial charge in [-0.05, 0) is 17.7 Å². The molecule has 1 aromatic rings. The molecule has 0 fully saturated rings. The molecule has 1 nitrogen and oxygen atoms in total. The molecule has 0 heterocycles. The highest BCUT2D eigenvalue weighted by Crippen LogP contribution is 2.32. The predicted molar refractivity (Wildman–Crippen MR) is 50.2 cm³/mol.